The predicted molar refractivity (Wildman–Crippen MR) is 153 cm³/mol. The van der Waals surface area contributed by atoms with Gasteiger partial charge in [0.1, 0.15) is 19.8 Å². The molecule has 0 radical (unpaired) electrons. The van der Waals surface area contributed by atoms with Gasteiger partial charge in [-0.15, -0.1) is 0 Å². The van der Waals surface area contributed by atoms with Crippen LogP contribution in [0.5, 0.6) is 0 Å². The van der Waals surface area contributed by atoms with E-state index in [1.807, 2.05) is 56.1 Å². The summed E-state index contributed by atoms with van der Waals surface area (Å²) in [4.78, 5) is 43.0. The molecule has 1 fully saturated rings. The Kier molecular flexibility index (Phi) is 8.97. The summed E-state index contributed by atoms with van der Waals surface area (Å²) in [6.45, 7) is 9.01. The van der Waals surface area contributed by atoms with E-state index >= 15 is 0 Å². The van der Waals surface area contributed by atoms with Gasteiger partial charge < -0.3 is 4.74 Å². The fraction of sp³-hybridized carbons (Fsp3) is 0.379. The molecule has 10 nitrogen and oxygen atoms in total. The lowest BCUT2D eigenvalue weighted by Crippen LogP contribution is -2.36. The molecule has 0 bridgehead atoms. The Labute approximate surface area is 234 Å². The number of esters is 1. The number of aromatic nitrogens is 1. The van der Waals surface area contributed by atoms with Gasteiger partial charge >= 0.3 is 13.9 Å². The number of aryl methyl sites for hydroxylation is 2. The van der Waals surface area contributed by atoms with Crippen molar-refractivity contribution in [1.29, 1.82) is 0 Å². The molecule has 0 saturated carbocycles. The Bertz CT molecular complexity index is 1390. The SMILES string of the molecule is Cc1nc(C)c([P+]2(O)OCC(C)(C)CO2)c(-c2cccc([N+](=O)[O-])c2)c1C(=O)OCCN(C)Cc1ccccc1. The van der Waals surface area contributed by atoms with Crippen LogP contribution in [-0.4, -0.2) is 59.1 Å². The Balaban J connectivity index is 1.71. The van der Waals surface area contributed by atoms with Crippen molar-refractivity contribution in [3.8, 4) is 11.1 Å². The van der Waals surface area contributed by atoms with Crippen molar-refractivity contribution in [2.75, 3.05) is 33.4 Å². The first kappa shape index (κ1) is 29.7. The molecule has 4 rings (SSSR count). The monoisotopic (exact) mass is 568 g/mol. The number of ether oxygens (including phenoxy) is 1. The smallest absolute Gasteiger partial charge is 0.448 e. The van der Waals surface area contributed by atoms with Crippen LogP contribution in [-0.2, 0) is 20.3 Å². The minimum absolute atomic E-state index is 0.109. The van der Waals surface area contributed by atoms with Crippen LogP contribution in [0.3, 0.4) is 0 Å². The van der Waals surface area contributed by atoms with Gasteiger partial charge in [0.2, 0.25) is 5.30 Å². The van der Waals surface area contributed by atoms with Gasteiger partial charge in [0.25, 0.3) is 5.69 Å². The highest BCUT2D eigenvalue weighted by atomic mass is 31.2. The van der Waals surface area contributed by atoms with Gasteiger partial charge in [-0.3, -0.25) is 20.0 Å². The maximum atomic E-state index is 13.6. The van der Waals surface area contributed by atoms with Crippen molar-refractivity contribution in [3.63, 3.8) is 0 Å². The summed E-state index contributed by atoms with van der Waals surface area (Å²) < 4.78 is 17.6. The number of pyridine rings is 1. The molecule has 212 valence electrons. The quantitative estimate of drug-likeness (QED) is 0.164. The summed E-state index contributed by atoms with van der Waals surface area (Å²) in [7, 11) is -1.75. The van der Waals surface area contributed by atoms with Crippen LogP contribution in [0.2, 0.25) is 0 Å². The number of carbonyl (C=O) groups is 1. The number of hydrogen-bond donors (Lipinski definition) is 1. The standard InChI is InChI=1S/C29H35N3O7P/c1-20-25(28(33)37-15-14-31(5)17-22-10-7-6-8-11-22)26(23-12-9-13-24(16-23)32(34)35)27(21(2)30-20)40(36)38-18-29(3,4)19-39-40/h6-13,16,36H,14-15,17-19H2,1-5H3/q+1. The highest BCUT2D eigenvalue weighted by molar-refractivity contribution is 7.69. The highest BCUT2D eigenvalue weighted by Crippen LogP contribution is 2.62. The fourth-order valence-electron chi connectivity index (χ4n) is 4.57. The summed E-state index contributed by atoms with van der Waals surface area (Å²) in [5, 5.41) is 11.8. The topological polar surface area (TPSA) is 124 Å². The van der Waals surface area contributed by atoms with Gasteiger partial charge in [-0.1, -0.05) is 56.3 Å². The summed E-state index contributed by atoms with van der Waals surface area (Å²) in [5.41, 5.74) is 2.18. The number of nitro benzene ring substituents is 1. The van der Waals surface area contributed by atoms with Gasteiger partial charge in [-0.2, -0.15) is 13.9 Å². The van der Waals surface area contributed by atoms with E-state index in [4.69, 9.17) is 13.8 Å². The summed E-state index contributed by atoms with van der Waals surface area (Å²) in [5.74, 6) is -0.648. The number of likely N-dealkylation sites (N-methyl/N-ethyl adjacent to an activating group) is 1. The lowest BCUT2D eigenvalue weighted by atomic mass is 9.97. The molecule has 1 aliphatic rings. The number of rotatable bonds is 9. The zero-order valence-corrected chi connectivity index (χ0v) is 24.3. The van der Waals surface area contributed by atoms with Gasteiger partial charge in [0.15, 0.2) is 0 Å². The molecule has 1 aromatic heterocycles. The molecule has 1 aliphatic heterocycles. The fourth-order valence-corrected chi connectivity index (χ4v) is 6.93. The Hall–Kier alpha value is -3.27. The van der Waals surface area contributed by atoms with Crippen molar-refractivity contribution >= 4 is 24.9 Å². The molecule has 40 heavy (non-hydrogen) atoms. The molecule has 2 aromatic carbocycles. The third kappa shape index (κ3) is 6.71. The van der Waals surface area contributed by atoms with E-state index in [0.29, 0.717) is 30.0 Å². The first-order valence-corrected chi connectivity index (χ1v) is 14.5. The summed E-state index contributed by atoms with van der Waals surface area (Å²) >= 11 is 0. The Morgan fingerprint density at radius 1 is 1.12 bits per heavy atom. The third-order valence-electron chi connectivity index (χ3n) is 6.62. The maximum absolute atomic E-state index is 13.6. The van der Waals surface area contributed by atoms with Crippen molar-refractivity contribution in [2.24, 2.45) is 5.41 Å². The molecule has 0 aliphatic carbocycles. The molecular formula is C29H35N3O7P+. The average molecular weight is 569 g/mol. The number of carbonyl (C=O) groups excluding carboxylic acids is 1. The van der Waals surface area contributed by atoms with E-state index < -0.39 is 18.8 Å². The molecule has 1 saturated heterocycles. The van der Waals surface area contributed by atoms with Gasteiger partial charge in [0, 0.05) is 30.6 Å². The molecule has 11 heteroatoms. The largest absolute Gasteiger partial charge is 0.461 e. The Morgan fingerprint density at radius 3 is 2.45 bits per heavy atom. The van der Waals surface area contributed by atoms with Crippen LogP contribution in [0.15, 0.2) is 54.6 Å². The average Bonchev–Trinajstić information content (AvgIpc) is 2.90. The molecule has 0 atom stereocenters. The van der Waals surface area contributed by atoms with Crippen LogP contribution in [0.4, 0.5) is 5.69 Å². The number of nitro groups is 1. The summed E-state index contributed by atoms with van der Waals surface area (Å²) in [6.07, 6.45) is 0. The lowest BCUT2D eigenvalue weighted by molar-refractivity contribution is -0.384. The third-order valence-corrected chi connectivity index (χ3v) is 8.69. The first-order valence-electron chi connectivity index (χ1n) is 13.0. The zero-order chi connectivity index (χ0) is 29.1. The van der Waals surface area contributed by atoms with Crippen LogP contribution in [0, 0.1) is 29.4 Å². The van der Waals surface area contributed by atoms with Crippen LogP contribution in [0.1, 0.15) is 41.2 Å². The minimum atomic E-state index is -3.69. The number of nitrogens with zero attached hydrogens (tertiary/aromatic N) is 3. The number of non-ortho nitro benzene ring substituents is 1. The van der Waals surface area contributed by atoms with E-state index in [2.05, 4.69) is 4.98 Å². The van der Waals surface area contributed by atoms with Crippen molar-refractivity contribution < 1.29 is 28.4 Å². The molecule has 0 unspecified atom stereocenters. The van der Waals surface area contributed by atoms with Crippen LogP contribution in [0.25, 0.3) is 11.1 Å². The minimum Gasteiger partial charge on any atom is -0.461 e. The predicted octanol–water partition coefficient (Wildman–Crippen LogP) is 5.02. The van der Waals surface area contributed by atoms with E-state index in [1.165, 1.54) is 18.2 Å². The van der Waals surface area contributed by atoms with Gasteiger partial charge in [-0.05, 0) is 32.0 Å². The molecule has 0 spiro atoms. The van der Waals surface area contributed by atoms with Gasteiger partial charge in [-0.25, -0.2) is 4.79 Å². The normalized spacial score (nSPS) is 16.1. The van der Waals surface area contributed by atoms with E-state index in [1.54, 1.807) is 19.9 Å². The van der Waals surface area contributed by atoms with E-state index in [-0.39, 0.29) is 47.4 Å². The molecular weight excluding hydrogens is 533 g/mol. The van der Waals surface area contributed by atoms with Crippen LogP contribution >= 0.6 is 7.94 Å². The van der Waals surface area contributed by atoms with Crippen molar-refractivity contribution in [3.05, 3.63) is 87.2 Å². The number of benzene rings is 2. The molecule has 1 N–H and O–H groups in total. The van der Waals surface area contributed by atoms with Crippen molar-refractivity contribution in [1.82, 2.24) is 9.88 Å². The van der Waals surface area contributed by atoms with E-state index in [0.717, 1.165) is 5.56 Å². The first-order chi connectivity index (χ1) is 18.9. The molecule has 0 amide bonds. The molecule has 2 heterocycles. The van der Waals surface area contributed by atoms with Crippen molar-refractivity contribution in [2.45, 2.75) is 34.2 Å². The maximum Gasteiger partial charge on any atom is 0.448 e. The number of hydrogen-bond acceptors (Lipinski definition) is 9. The summed E-state index contributed by atoms with van der Waals surface area (Å²) in [6, 6.07) is 15.9. The van der Waals surface area contributed by atoms with Gasteiger partial charge in [0.05, 0.1) is 27.4 Å². The van der Waals surface area contributed by atoms with E-state index in [9.17, 15) is 19.8 Å². The second-order valence-electron chi connectivity index (χ2n) is 10.8. The lowest BCUT2D eigenvalue weighted by Gasteiger charge is -2.32. The second kappa shape index (κ2) is 12.1. The molecule has 3 aromatic rings. The highest BCUT2D eigenvalue weighted by Gasteiger charge is 2.55. The van der Waals surface area contributed by atoms with Crippen LogP contribution < -0.4 is 5.30 Å². The zero-order valence-electron chi connectivity index (χ0n) is 23.4. The Morgan fingerprint density at radius 2 is 1.80 bits per heavy atom. The second-order valence-corrected chi connectivity index (χ2v) is 12.8.